The van der Waals surface area contributed by atoms with Crippen LogP contribution < -0.4 is 19.7 Å². The highest BCUT2D eigenvalue weighted by molar-refractivity contribution is 9.10. The van der Waals surface area contributed by atoms with E-state index in [9.17, 15) is 0 Å². The van der Waals surface area contributed by atoms with E-state index in [0.29, 0.717) is 5.92 Å². The van der Waals surface area contributed by atoms with Crippen LogP contribution in [0.3, 0.4) is 0 Å². The lowest BCUT2D eigenvalue weighted by Gasteiger charge is -2.20. The molecule has 1 aliphatic rings. The van der Waals surface area contributed by atoms with E-state index in [-0.39, 0.29) is 0 Å². The van der Waals surface area contributed by atoms with E-state index in [4.69, 9.17) is 9.47 Å². The lowest BCUT2D eigenvalue weighted by Crippen LogP contribution is -2.22. The molecule has 2 heterocycles. The molecule has 0 aliphatic carbocycles. The average molecular weight is 406 g/mol. The molecule has 1 aromatic carbocycles. The van der Waals surface area contributed by atoms with E-state index in [1.807, 2.05) is 12.3 Å². The summed E-state index contributed by atoms with van der Waals surface area (Å²) in [6.45, 7) is 5.05. The molecule has 134 valence electrons. The summed E-state index contributed by atoms with van der Waals surface area (Å²) in [5.41, 5.74) is 2.34. The van der Waals surface area contributed by atoms with E-state index < -0.39 is 0 Å². The largest absolute Gasteiger partial charge is 0.497 e. The molecule has 1 N–H and O–H groups in total. The second kappa shape index (κ2) is 7.95. The Balaban J connectivity index is 1.60. The molecule has 1 aliphatic heterocycles. The van der Waals surface area contributed by atoms with Crippen molar-refractivity contribution in [3.8, 4) is 11.5 Å². The summed E-state index contributed by atoms with van der Waals surface area (Å²) in [6.07, 6.45) is 3.00. The van der Waals surface area contributed by atoms with Crippen molar-refractivity contribution in [2.75, 3.05) is 44.1 Å². The van der Waals surface area contributed by atoms with Gasteiger partial charge in [-0.1, -0.05) is 0 Å². The predicted octanol–water partition coefficient (Wildman–Crippen LogP) is 4.11. The third kappa shape index (κ3) is 4.37. The average Bonchev–Trinajstić information content (AvgIpc) is 3.11. The number of pyridine rings is 1. The van der Waals surface area contributed by atoms with Crippen molar-refractivity contribution in [2.45, 2.75) is 13.3 Å². The molecular weight excluding hydrogens is 382 g/mol. The van der Waals surface area contributed by atoms with E-state index >= 15 is 0 Å². The molecule has 1 fully saturated rings. The van der Waals surface area contributed by atoms with Gasteiger partial charge in [0.15, 0.2) is 0 Å². The lowest BCUT2D eigenvalue weighted by molar-refractivity contribution is 0.394. The van der Waals surface area contributed by atoms with Crippen LogP contribution in [-0.2, 0) is 0 Å². The van der Waals surface area contributed by atoms with E-state index in [1.165, 1.54) is 5.56 Å². The molecule has 0 bridgehead atoms. The third-order valence-corrected chi connectivity index (χ3v) is 5.44. The molecule has 1 aromatic heterocycles. The first kappa shape index (κ1) is 17.9. The van der Waals surface area contributed by atoms with Crippen LogP contribution in [0.25, 0.3) is 0 Å². The standard InChI is InChI=1S/C19H24BrN3O2/c1-13-6-19(22-11-18(13)20)21-10-14-4-5-23(12-14)15-7-16(24-2)9-17(8-15)25-3/h6-9,11,14H,4-5,10,12H2,1-3H3,(H,21,22). The Morgan fingerprint density at radius 2 is 1.92 bits per heavy atom. The number of rotatable bonds is 6. The summed E-state index contributed by atoms with van der Waals surface area (Å²) in [7, 11) is 3.37. The maximum absolute atomic E-state index is 5.38. The second-order valence-corrected chi connectivity index (χ2v) is 7.23. The fourth-order valence-electron chi connectivity index (χ4n) is 3.09. The zero-order valence-electron chi connectivity index (χ0n) is 14.9. The molecule has 6 heteroatoms. The normalized spacial score (nSPS) is 16.8. The molecule has 2 aromatic rings. The highest BCUT2D eigenvalue weighted by Crippen LogP contribution is 2.31. The predicted molar refractivity (Wildman–Crippen MR) is 105 cm³/mol. The molecule has 3 rings (SSSR count). The summed E-state index contributed by atoms with van der Waals surface area (Å²) < 4.78 is 11.8. The molecule has 0 spiro atoms. The van der Waals surface area contributed by atoms with Crippen molar-refractivity contribution in [1.82, 2.24) is 4.98 Å². The van der Waals surface area contributed by atoms with Gasteiger partial charge in [0.2, 0.25) is 0 Å². The van der Waals surface area contributed by atoms with Crippen molar-refractivity contribution in [3.63, 3.8) is 0 Å². The highest BCUT2D eigenvalue weighted by atomic mass is 79.9. The maximum Gasteiger partial charge on any atom is 0.126 e. The second-order valence-electron chi connectivity index (χ2n) is 6.37. The van der Waals surface area contributed by atoms with Crippen molar-refractivity contribution in [1.29, 1.82) is 0 Å². The number of hydrogen-bond acceptors (Lipinski definition) is 5. The van der Waals surface area contributed by atoms with Crippen LogP contribution in [0.15, 0.2) is 34.9 Å². The number of anilines is 2. The topological polar surface area (TPSA) is 46.6 Å². The molecule has 1 saturated heterocycles. The van der Waals surface area contributed by atoms with Gasteiger partial charge in [0, 0.05) is 54.2 Å². The van der Waals surface area contributed by atoms with Crippen molar-refractivity contribution >= 4 is 27.4 Å². The zero-order chi connectivity index (χ0) is 17.8. The summed E-state index contributed by atoms with van der Waals surface area (Å²) >= 11 is 3.49. The first-order chi connectivity index (χ1) is 12.1. The fourth-order valence-corrected chi connectivity index (χ4v) is 3.31. The van der Waals surface area contributed by atoms with Gasteiger partial charge in [0.25, 0.3) is 0 Å². The number of nitrogens with one attached hydrogen (secondary N) is 1. The highest BCUT2D eigenvalue weighted by Gasteiger charge is 2.23. The minimum absolute atomic E-state index is 0.586. The number of hydrogen-bond donors (Lipinski definition) is 1. The third-order valence-electron chi connectivity index (χ3n) is 4.61. The number of benzene rings is 1. The van der Waals surface area contributed by atoms with Crippen LogP contribution in [0.4, 0.5) is 11.5 Å². The smallest absolute Gasteiger partial charge is 0.126 e. The van der Waals surface area contributed by atoms with Crippen molar-refractivity contribution in [2.24, 2.45) is 5.92 Å². The molecule has 0 saturated carbocycles. The minimum Gasteiger partial charge on any atom is -0.497 e. The zero-order valence-corrected chi connectivity index (χ0v) is 16.5. The van der Waals surface area contributed by atoms with Crippen LogP contribution in [0, 0.1) is 12.8 Å². The summed E-state index contributed by atoms with van der Waals surface area (Å²) in [5.74, 6) is 3.17. The van der Waals surface area contributed by atoms with Gasteiger partial charge >= 0.3 is 0 Å². The van der Waals surface area contributed by atoms with Gasteiger partial charge in [-0.3, -0.25) is 0 Å². The van der Waals surface area contributed by atoms with Gasteiger partial charge < -0.3 is 19.7 Å². The van der Waals surface area contributed by atoms with Gasteiger partial charge in [-0.05, 0) is 46.8 Å². The minimum atomic E-state index is 0.586. The Labute approximate surface area is 157 Å². The Hall–Kier alpha value is -1.95. The van der Waals surface area contributed by atoms with Crippen molar-refractivity contribution < 1.29 is 9.47 Å². The maximum atomic E-state index is 5.38. The Bertz CT molecular complexity index is 716. The summed E-state index contributed by atoms with van der Waals surface area (Å²) in [5, 5.41) is 3.46. The van der Waals surface area contributed by atoms with Crippen LogP contribution in [0.1, 0.15) is 12.0 Å². The molecule has 0 radical (unpaired) electrons. The number of nitrogens with zero attached hydrogens (tertiary/aromatic N) is 2. The molecule has 1 atom stereocenters. The first-order valence-corrected chi connectivity index (χ1v) is 9.22. The molecule has 1 unspecified atom stereocenters. The number of aryl methyl sites for hydroxylation is 1. The Morgan fingerprint density at radius 3 is 2.56 bits per heavy atom. The lowest BCUT2D eigenvalue weighted by atomic mass is 10.1. The monoisotopic (exact) mass is 405 g/mol. The molecular formula is C19H24BrN3O2. The van der Waals surface area contributed by atoms with E-state index in [2.05, 4.69) is 56.3 Å². The van der Waals surface area contributed by atoms with Gasteiger partial charge in [-0.25, -0.2) is 4.98 Å². The van der Waals surface area contributed by atoms with E-state index in [1.54, 1.807) is 14.2 Å². The quantitative estimate of drug-likeness (QED) is 0.783. The fraction of sp³-hybridized carbons (Fsp3) is 0.421. The SMILES string of the molecule is COc1cc(OC)cc(N2CCC(CNc3cc(C)c(Br)cn3)C2)c1. The van der Waals surface area contributed by atoms with Gasteiger partial charge in [-0.2, -0.15) is 0 Å². The van der Waals surface area contributed by atoms with Crippen LogP contribution in [0.2, 0.25) is 0 Å². The van der Waals surface area contributed by atoms with Gasteiger partial charge in [0.05, 0.1) is 14.2 Å². The summed E-state index contributed by atoms with van der Waals surface area (Å²) in [4.78, 5) is 6.80. The van der Waals surface area contributed by atoms with Crippen LogP contribution >= 0.6 is 15.9 Å². The van der Waals surface area contributed by atoms with Gasteiger partial charge in [-0.15, -0.1) is 0 Å². The first-order valence-electron chi connectivity index (χ1n) is 8.43. The number of ether oxygens (including phenoxy) is 2. The molecule has 25 heavy (non-hydrogen) atoms. The van der Waals surface area contributed by atoms with Crippen molar-refractivity contribution in [3.05, 3.63) is 40.5 Å². The van der Waals surface area contributed by atoms with E-state index in [0.717, 1.165) is 53.5 Å². The Kier molecular flexibility index (Phi) is 5.68. The summed E-state index contributed by atoms with van der Waals surface area (Å²) in [6, 6.07) is 8.11. The number of aromatic nitrogens is 1. The van der Waals surface area contributed by atoms with Crippen LogP contribution in [0.5, 0.6) is 11.5 Å². The number of methoxy groups -OCH3 is 2. The van der Waals surface area contributed by atoms with Crippen LogP contribution in [-0.4, -0.2) is 38.8 Å². The molecule has 0 amide bonds. The molecule has 5 nitrogen and oxygen atoms in total. The Morgan fingerprint density at radius 1 is 1.20 bits per heavy atom. The van der Waals surface area contributed by atoms with Gasteiger partial charge in [0.1, 0.15) is 17.3 Å². The number of halogens is 1.